The van der Waals surface area contributed by atoms with Crippen molar-refractivity contribution in [2.24, 2.45) is 0 Å². The Hall–Kier alpha value is -1.17. The van der Waals surface area contributed by atoms with Gasteiger partial charge < -0.3 is 4.74 Å². The van der Waals surface area contributed by atoms with Crippen molar-refractivity contribution < 1.29 is 14.3 Å². The van der Waals surface area contributed by atoms with E-state index in [4.69, 9.17) is 11.6 Å². The molecule has 0 aliphatic carbocycles. The van der Waals surface area contributed by atoms with Gasteiger partial charge in [0, 0.05) is 19.9 Å². The summed E-state index contributed by atoms with van der Waals surface area (Å²) >= 11 is 10.5. The number of thiophene rings is 1. The standard InChI is InChI=1S/C14H10BrClO3S/c1-19-13(17)7-9-3-5-12(20-9)14(18)10-4-2-8(16)6-11(10)15/h2-6H,7H2,1H3. The van der Waals surface area contributed by atoms with Crippen LogP contribution in [-0.4, -0.2) is 18.9 Å². The van der Waals surface area contributed by atoms with Crippen molar-refractivity contribution >= 4 is 50.6 Å². The van der Waals surface area contributed by atoms with E-state index in [1.807, 2.05) is 0 Å². The number of benzene rings is 1. The summed E-state index contributed by atoms with van der Waals surface area (Å²) in [6.07, 6.45) is 0.177. The zero-order valence-electron chi connectivity index (χ0n) is 10.5. The maximum atomic E-state index is 12.4. The Bertz CT molecular complexity index is 666. The molecule has 0 amide bonds. The minimum absolute atomic E-state index is 0.102. The van der Waals surface area contributed by atoms with Gasteiger partial charge in [0.05, 0.1) is 18.4 Å². The lowest BCUT2D eigenvalue weighted by Crippen LogP contribution is -2.02. The number of halogens is 2. The van der Waals surface area contributed by atoms with Crippen LogP contribution in [0.4, 0.5) is 0 Å². The molecule has 0 fully saturated rings. The highest BCUT2D eigenvalue weighted by molar-refractivity contribution is 9.10. The summed E-state index contributed by atoms with van der Waals surface area (Å²) in [5.41, 5.74) is 0.542. The van der Waals surface area contributed by atoms with Crippen LogP contribution in [0, 0.1) is 0 Å². The first kappa shape index (κ1) is 15.2. The van der Waals surface area contributed by atoms with Gasteiger partial charge in [-0.3, -0.25) is 9.59 Å². The fraction of sp³-hybridized carbons (Fsp3) is 0.143. The first-order valence-electron chi connectivity index (χ1n) is 5.66. The van der Waals surface area contributed by atoms with Crippen LogP contribution >= 0.6 is 38.9 Å². The first-order chi connectivity index (χ1) is 9.51. The number of carbonyl (C=O) groups is 2. The van der Waals surface area contributed by atoms with Crippen molar-refractivity contribution in [3.8, 4) is 0 Å². The molecule has 0 radical (unpaired) electrons. The summed E-state index contributed by atoms with van der Waals surface area (Å²) in [7, 11) is 1.34. The fourth-order valence-electron chi connectivity index (χ4n) is 1.62. The Kier molecular flexibility index (Phi) is 4.96. The van der Waals surface area contributed by atoms with Crippen LogP contribution in [0.25, 0.3) is 0 Å². The molecule has 1 aromatic heterocycles. The molecule has 6 heteroatoms. The smallest absolute Gasteiger partial charge is 0.310 e. The highest BCUT2D eigenvalue weighted by Crippen LogP contribution is 2.27. The Balaban J connectivity index is 2.23. The SMILES string of the molecule is COC(=O)Cc1ccc(C(=O)c2ccc(Cl)cc2Br)s1. The second kappa shape index (κ2) is 6.52. The van der Waals surface area contributed by atoms with Gasteiger partial charge in [0.2, 0.25) is 5.78 Å². The van der Waals surface area contributed by atoms with Gasteiger partial charge in [-0.2, -0.15) is 0 Å². The van der Waals surface area contributed by atoms with E-state index in [0.717, 1.165) is 4.88 Å². The molecule has 1 heterocycles. The molecule has 0 spiro atoms. The number of rotatable bonds is 4. The third kappa shape index (κ3) is 3.48. The van der Waals surface area contributed by atoms with Gasteiger partial charge in [-0.05, 0) is 46.3 Å². The van der Waals surface area contributed by atoms with Gasteiger partial charge in [-0.15, -0.1) is 11.3 Å². The molecule has 0 N–H and O–H groups in total. The minimum atomic E-state index is -0.321. The Morgan fingerprint density at radius 2 is 2.05 bits per heavy atom. The van der Waals surface area contributed by atoms with Crippen LogP contribution in [0.3, 0.4) is 0 Å². The number of hydrogen-bond donors (Lipinski definition) is 0. The van der Waals surface area contributed by atoms with Crippen molar-refractivity contribution in [3.63, 3.8) is 0 Å². The summed E-state index contributed by atoms with van der Waals surface area (Å²) in [4.78, 5) is 24.9. The molecular formula is C14H10BrClO3S. The van der Waals surface area contributed by atoms with Gasteiger partial charge in [-0.25, -0.2) is 0 Å². The van der Waals surface area contributed by atoms with E-state index in [2.05, 4.69) is 20.7 Å². The topological polar surface area (TPSA) is 43.4 Å². The molecule has 20 heavy (non-hydrogen) atoms. The third-order valence-corrected chi connectivity index (χ3v) is 4.58. The molecule has 0 aliphatic rings. The van der Waals surface area contributed by atoms with Crippen molar-refractivity contribution in [3.05, 3.63) is 55.1 Å². The number of esters is 1. The monoisotopic (exact) mass is 372 g/mol. The predicted molar refractivity (Wildman–Crippen MR) is 82.6 cm³/mol. The maximum Gasteiger partial charge on any atom is 0.310 e. The van der Waals surface area contributed by atoms with Gasteiger partial charge in [0.15, 0.2) is 0 Å². The molecule has 1 aromatic carbocycles. The number of carbonyl (C=O) groups excluding carboxylic acids is 2. The van der Waals surface area contributed by atoms with Crippen molar-refractivity contribution in [1.29, 1.82) is 0 Å². The molecule has 104 valence electrons. The number of ether oxygens (including phenoxy) is 1. The predicted octanol–water partition coefficient (Wildman–Crippen LogP) is 4.11. The van der Waals surface area contributed by atoms with Crippen molar-refractivity contribution in [1.82, 2.24) is 0 Å². The van der Waals surface area contributed by atoms with Gasteiger partial charge in [0.1, 0.15) is 0 Å². The van der Waals surface area contributed by atoms with Gasteiger partial charge in [-0.1, -0.05) is 11.6 Å². The quantitative estimate of drug-likeness (QED) is 0.598. The minimum Gasteiger partial charge on any atom is -0.469 e. The molecule has 0 saturated heterocycles. The van der Waals surface area contributed by atoms with Crippen LogP contribution in [0.1, 0.15) is 20.1 Å². The van der Waals surface area contributed by atoms with Crippen LogP contribution in [0.15, 0.2) is 34.8 Å². The zero-order valence-corrected chi connectivity index (χ0v) is 13.6. The number of methoxy groups -OCH3 is 1. The summed E-state index contributed by atoms with van der Waals surface area (Å²) in [6.45, 7) is 0. The molecule has 0 saturated carbocycles. The average Bonchev–Trinajstić information content (AvgIpc) is 2.86. The van der Waals surface area contributed by atoms with E-state index < -0.39 is 0 Å². The lowest BCUT2D eigenvalue weighted by Gasteiger charge is -2.02. The lowest BCUT2D eigenvalue weighted by molar-refractivity contribution is -0.139. The van der Waals surface area contributed by atoms with E-state index in [1.54, 1.807) is 30.3 Å². The fourth-order valence-corrected chi connectivity index (χ4v) is 3.43. The summed E-state index contributed by atoms with van der Waals surface area (Å²) in [5, 5.41) is 0.561. The zero-order chi connectivity index (χ0) is 14.7. The summed E-state index contributed by atoms with van der Waals surface area (Å²) in [6, 6.07) is 8.50. The van der Waals surface area contributed by atoms with Crippen LogP contribution in [0.2, 0.25) is 5.02 Å². The molecule has 0 atom stereocenters. The first-order valence-corrected chi connectivity index (χ1v) is 7.65. The third-order valence-electron chi connectivity index (χ3n) is 2.61. The van der Waals surface area contributed by atoms with E-state index in [0.29, 0.717) is 19.9 Å². The van der Waals surface area contributed by atoms with E-state index in [1.165, 1.54) is 18.4 Å². The maximum absolute atomic E-state index is 12.4. The average molecular weight is 374 g/mol. The summed E-state index contributed by atoms with van der Waals surface area (Å²) in [5.74, 6) is -0.423. The highest BCUT2D eigenvalue weighted by Gasteiger charge is 2.16. The Morgan fingerprint density at radius 3 is 2.70 bits per heavy atom. The van der Waals surface area contributed by atoms with E-state index >= 15 is 0 Å². The van der Waals surface area contributed by atoms with Crippen LogP contribution < -0.4 is 0 Å². The number of ketones is 1. The Labute approximate surface area is 133 Å². The van der Waals surface area contributed by atoms with Crippen LogP contribution in [0.5, 0.6) is 0 Å². The molecular weight excluding hydrogens is 364 g/mol. The molecule has 2 aromatic rings. The van der Waals surface area contributed by atoms with Gasteiger partial charge >= 0.3 is 5.97 Å². The number of hydrogen-bond acceptors (Lipinski definition) is 4. The van der Waals surface area contributed by atoms with E-state index in [9.17, 15) is 9.59 Å². The van der Waals surface area contributed by atoms with Gasteiger partial charge in [0.25, 0.3) is 0 Å². The van der Waals surface area contributed by atoms with Crippen molar-refractivity contribution in [2.45, 2.75) is 6.42 Å². The van der Waals surface area contributed by atoms with Crippen LogP contribution in [-0.2, 0) is 16.0 Å². The molecule has 0 unspecified atom stereocenters. The summed E-state index contributed by atoms with van der Waals surface area (Å²) < 4.78 is 5.25. The van der Waals surface area contributed by atoms with Crippen molar-refractivity contribution in [2.75, 3.05) is 7.11 Å². The normalized spacial score (nSPS) is 10.3. The molecule has 2 rings (SSSR count). The molecule has 3 nitrogen and oxygen atoms in total. The second-order valence-electron chi connectivity index (χ2n) is 3.97. The molecule has 0 bridgehead atoms. The highest BCUT2D eigenvalue weighted by atomic mass is 79.9. The second-order valence-corrected chi connectivity index (χ2v) is 6.43. The largest absolute Gasteiger partial charge is 0.469 e. The van der Waals surface area contributed by atoms with E-state index in [-0.39, 0.29) is 18.2 Å². The Morgan fingerprint density at radius 1 is 1.30 bits per heavy atom. The molecule has 0 aliphatic heterocycles. The lowest BCUT2D eigenvalue weighted by atomic mass is 10.1.